The number of benzene rings is 1. The highest BCUT2D eigenvalue weighted by Gasteiger charge is 2.22. The number of nitrogens with one attached hydrogen (secondary N) is 1. The molecule has 1 fully saturated rings. The number of furan rings is 1. The number of carbonyl (C=O) groups excluding carboxylic acids is 1. The van der Waals surface area contributed by atoms with Gasteiger partial charge in [-0.25, -0.2) is 0 Å². The van der Waals surface area contributed by atoms with E-state index in [0.29, 0.717) is 30.9 Å². The van der Waals surface area contributed by atoms with E-state index in [-0.39, 0.29) is 5.91 Å². The zero-order valence-electron chi connectivity index (χ0n) is 14.2. The zero-order valence-corrected chi connectivity index (χ0v) is 14.2. The second kappa shape index (κ2) is 8.15. The maximum absolute atomic E-state index is 12.4. The molecular formula is C20H25NO3. The van der Waals surface area contributed by atoms with Crippen molar-refractivity contribution >= 4 is 5.91 Å². The summed E-state index contributed by atoms with van der Waals surface area (Å²) >= 11 is 0. The van der Waals surface area contributed by atoms with Crippen LogP contribution >= 0.6 is 0 Å². The van der Waals surface area contributed by atoms with Gasteiger partial charge >= 0.3 is 0 Å². The quantitative estimate of drug-likeness (QED) is 0.806. The van der Waals surface area contributed by atoms with Crippen molar-refractivity contribution in [3.05, 3.63) is 48.4 Å². The van der Waals surface area contributed by atoms with E-state index in [9.17, 15) is 4.79 Å². The Morgan fingerprint density at radius 2 is 2.00 bits per heavy atom. The van der Waals surface area contributed by atoms with E-state index < -0.39 is 0 Å². The van der Waals surface area contributed by atoms with Gasteiger partial charge in [0.05, 0.1) is 19.0 Å². The first-order valence-corrected chi connectivity index (χ1v) is 8.78. The van der Waals surface area contributed by atoms with Gasteiger partial charge < -0.3 is 14.5 Å². The molecule has 2 unspecified atom stereocenters. The summed E-state index contributed by atoms with van der Waals surface area (Å²) in [7, 11) is 0. The Labute approximate surface area is 143 Å². The third-order valence-corrected chi connectivity index (χ3v) is 4.71. The predicted molar refractivity (Wildman–Crippen MR) is 93.8 cm³/mol. The maximum Gasteiger partial charge on any atom is 0.287 e. The van der Waals surface area contributed by atoms with Gasteiger partial charge in [-0.05, 0) is 30.4 Å². The Kier molecular flexibility index (Phi) is 5.70. The second-order valence-corrected chi connectivity index (χ2v) is 6.46. The molecule has 128 valence electrons. The highest BCUT2D eigenvalue weighted by Crippen LogP contribution is 2.26. The van der Waals surface area contributed by atoms with Crippen LogP contribution in [0.3, 0.4) is 0 Å². The standard InChI is InChI=1S/C20H25NO3/c1-15-7-5-6-10-18(15)23-14-12-21-20(22)19-17(11-13-24-19)16-8-3-2-4-9-16/h2-4,8-9,11,13,15,18H,5-7,10,12,14H2,1H3,(H,21,22). The van der Waals surface area contributed by atoms with Gasteiger partial charge in [-0.3, -0.25) is 4.79 Å². The van der Waals surface area contributed by atoms with Gasteiger partial charge in [-0.15, -0.1) is 0 Å². The monoisotopic (exact) mass is 327 g/mol. The largest absolute Gasteiger partial charge is 0.459 e. The third kappa shape index (κ3) is 4.06. The average Bonchev–Trinajstić information content (AvgIpc) is 3.10. The molecule has 1 heterocycles. The molecule has 4 nitrogen and oxygen atoms in total. The average molecular weight is 327 g/mol. The second-order valence-electron chi connectivity index (χ2n) is 6.46. The van der Waals surface area contributed by atoms with Crippen molar-refractivity contribution in [2.75, 3.05) is 13.2 Å². The lowest BCUT2D eigenvalue weighted by Crippen LogP contribution is -2.31. The summed E-state index contributed by atoms with van der Waals surface area (Å²) in [5, 5.41) is 2.89. The Morgan fingerprint density at radius 3 is 2.79 bits per heavy atom. The van der Waals surface area contributed by atoms with E-state index >= 15 is 0 Å². The fourth-order valence-corrected chi connectivity index (χ4v) is 3.32. The lowest BCUT2D eigenvalue weighted by atomic mass is 9.88. The zero-order chi connectivity index (χ0) is 16.8. The summed E-state index contributed by atoms with van der Waals surface area (Å²) in [6.45, 7) is 3.29. The molecule has 2 atom stereocenters. The van der Waals surface area contributed by atoms with E-state index in [2.05, 4.69) is 12.2 Å². The van der Waals surface area contributed by atoms with Crippen LogP contribution in [0.2, 0.25) is 0 Å². The summed E-state index contributed by atoms with van der Waals surface area (Å²) in [6, 6.07) is 11.6. The van der Waals surface area contributed by atoms with Gasteiger partial charge in [0.15, 0.2) is 5.76 Å². The SMILES string of the molecule is CC1CCCCC1OCCNC(=O)c1occc1-c1ccccc1. The van der Waals surface area contributed by atoms with Gasteiger partial charge in [0.25, 0.3) is 5.91 Å². The topological polar surface area (TPSA) is 51.5 Å². The molecule has 1 amide bonds. The van der Waals surface area contributed by atoms with E-state index in [1.165, 1.54) is 19.3 Å². The first-order chi connectivity index (χ1) is 11.8. The molecule has 1 aliphatic rings. The molecule has 0 aliphatic heterocycles. The molecule has 3 rings (SSSR count). The van der Waals surface area contributed by atoms with E-state index in [4.69, 9.17) is 9.15 Å². The Bertz CT molecular complexity index is 650. The van der Waals surface area contributed by atoms with Crippen LogP contribution < -0.4 is 5.32 Å². The van der Waals surface area contributed by atoms with Crippen molar-refractivity contribution in [2.45, 2.75) is 38.7 Å². The minimum atomic E-state index is -0.195. The van der Waals surface area contributed by atoms with Crippen LogP contribution in [0.15, 0.2) is 47.1 Å². The molecule has 0 saturated heterocycles. The van der Waals surface area contributed by atoms with Crippen LogP contribution in [0.5, 0.6) is 0 Å². The molecule has 1 saturated carbocycles. The number of carbonyl (C=O) groups is 1. The smallest absolute Gasteiger partial charge is 0.287 e. The summed E-state index contributed by atoms with van der Waals surface area (Å²) in [4.78, 5) is 12.4. The molecule has 1 aromatic carbocycles. The summed E-state index contributed by atoms with van der Waals surface area (Å²) in [5.41, 5.74) is 1.79. The van der Waals surface area contributed by atoms with Crippen LogP contribution in [0.4, 0.5) is 0 Å². The van der Waals surface area contributed by atoms with Gasteiger partial charge in [-0.1, -0.05) is 50.1 Å². The molecule has 1 aromatic heterocycles. The number of amides is 1. The molecule has 4 heteroatoms. The van der Waals surface area contributed by atoms with Crippen molar-refractivity contribution in [1.29, 1.82) is 0 Å². The molecule has 0 spiro atoms. The van der Waals surface area contributed by atoms with Crippen molar-refractivity contribution in [3.8, 4) is 11.1 Å². The van der Waals surface area contributed by atoms with Gasteiger partial charge in [-0.2, -0.15) is 0 Å². The third-order valence-electron chi connectivity index (χ3n) is 4.71. The minimum absolute atomic E-state index is 0.195. The Balaban J connectivity index is 1.50. The molecular weight excluding hydrogens is 302 g/mol. The van der Waals surface area contributed by atoms with E-state index in [1.54, 1.807) is 6.26 Å². The molecule has 1 N–H and O–H groups in total. The first-order valence-electron chi connectivity index (χ1n) is 8.78. The molecule has 0 bridgehead atoms. The normalized spacial score (nSPS) is 20.7. The molecule has 2 aromatic rings. The van der Waals surface area contributed by atoms with Crippen LogP contribution in [0.25, 0.3) is 11.1 Å². The Hall–Kier alpha value is -2.07. The number of rotatable bonds is 6. The van der Waals surface area contributed by atoms with Crippen molar-refractivity contribution in [3.63, 3.8) is 0 Å². The van der Waals surface area contributed by atoms with E-state index in [0.717, 1.165) is 17.5 Å². The fraction of sp³-hybridized carbons (Fsp3) is 0.450. The predicted octanol–water partition coefficient (Wildman–Crippen LogP) is 4.27. The van der Waals surface area contributed by atoms with Gasteiger partial charge in [0.1, 0.15) is 0 Å². The number of ether oxygens (including phenoxy) is 1. The van der Waals surface area contributed by atoms with Crippen LogP contribution in [0, 0.1) is 5.92 Å². The highest BCUT2D eigenvalue weighted by molar-refractivity contribution is 5.98. The molecule has 24 heavy (non-hydrogen) atoms. The van der Waals surface area contributed by atoms with Crippen molar-refractivity contribution in [1.82, 2.24) is 5.32 Å². The lowest BCUT2D eigenvalue weighted by molar-refractivity contribution is -0.00300. The van der Waals surface area contributed by atoms with Crippen molar-refractivity contribution < 1.29 is 13.9 Å². The molecule has 1 aliphatic carbocycles. The summed E-state index contributed by atoms with van der Waals surface area (Å²) in [5.74, 6) is 0.774. The van der Waals surface area contributed by atoms with Crippen LogP contribution in [0.1, 0.15) is 43.2 Å². The maximum atomic E-state index is 12.4. The van der Waals surface area contributed by atoms with Crippen molar-refractivity contribution in [2.24, 2.45) is 5.92 Å². The number of hydrogen-bond acceptors (Lipinski definition) is 3. The van der Waals surface area contributed by atoms with Gasteiger partial charge in [0.2, 0.25) is 0 Å². The first kappa shape index (κ1) is 16.8. The number of hydrogen-bond donors (Lipinski definition) is 1. The molecule has 0 radical (unpaired) electrons. The van der Waals surface area contributed by atoms with Gasteiger partial charge in [0, 0.05) is 12.1 Å². The Morgan fingerprint density at radius 1 is 1.21 bits per heavy atom. The summed E-state index contributed by atoms with van der Waals surface area (Å²) < 4.78 is 11.3. The fourth-order valence-electron chi connectivity index (χ4n) is 3.32. The lowest BCUT2D eigenvalue weighted by Gasteiger charge is -2.28. The van der Waals surface area contributed by atoms with Crippen LogP contribution in [-0.2, 0) is 4.74 Å². The minimum Gasteiger partial charge on any atom is -0.459 e. The van der Waals surface area contributed by atoms with Crippen LogP contribution in [-0.4, -0.2) is 25.2 Å². The van der Waals surface area contributed by atoms with E-state index in [1.807, 2.05) is 36.4 Å². The summed E-state index contributed by atoms with van der Waals surface area (Å²) in [6.07, 6.45) is 6.80. The highest BCUT2D eigenvalue weighted by atomic mass is 16.5.